The number of carbonyl (C=O) groups is 1. The van der Waals surface area contributed by atoms with E-state index < -0.39 is 4.75 Å². The molecule has 1 atom stereocenters. The molecule has 1 unspecified atom stereocenters. The minimum absolute atomic E-state index is 0.283. The molecule has 10 heavy (non-hydrogen) atoms. The Morgan fingerprint density at radius 1 is 1.80 bits per heavy atom. The van der Waals surface area contributed by atoms with E-state index >= 15 is 0 Å². The lowest BCUT2D eigenvalue weighted by Crippen LogP contribution is -2.17. The van der Waals surface area contributed by atoms with E-state index in [2.05, 4.69) is 33.3 Å². The molecular weight excluding hydrogens is 152 g/mol. The van der Waals surface area contributed by atoms with E-state index in [4.69, 9.17) is 0 Å². The molecule has 0 aliphatic rings. The SMILES string of the molecule is CC(S)(C=O)c1nn[nH]n1. The average molecular weight is 158 g/mol. The molecule has 0 saturated carbocycles. The molecule has 54 valence electrons. The molecule has 0 aliphatic heterocycles. The fraction of sp³-hybridized carbons (Fsp3) is 0.500. The number of tetrazole rings is 1. The highest BCUT2D eigenvalue weighted by atomic mass is 32.1. The van der Waals surface area contributed by atoms with Crippen LogP contribution in [-0.4, -0.2) is 26.9 Å². The third-order valence-corrected chi connectivity index (χ3v) is 1.33. The van der Waals surface area contributed by atoms with Gasteiger partial charge in [-0.1, -0.05) is 5.21 Å². The summed E-state index contributed by atoms with van der Waals surface area (Å²) in [6.07, 6.45) is 0.654. The maximum atomic E-state index is 10.3. The van der Waals surface area contributed by atoms with Crippen LogP contribution in [0.15, 0.2) is 0 Å². The van der Waals surface area contributed by atoms with Gasteiger partial charge in [0, 0.05) is 0 Å². The quantitative estimate of drug-likeness (QED) is 0.451. The minimum atomic E-state index is -0.938. The van der Waals surface area contributed by atoms with Gasteiger partial charge in [0.05, 0.1) is 0 Å². The maximum absolute atomic E-state index is 10.3. The number of H-pyrrole nitrogens is 1. The molecule has 0 amide bonds. The predicted octanol–water partition coefficient (Wildman–Crippen LogP) is -0.456. The zero-order chi connectivity index (χ0) is 7.61. The fourth-order valence-corrected chi connectivity index (χ4v) is 0.524. The first kappa shape index (κ1) is 7.20. The summed E-state index contributed by atoms with van der Waals surface area (Å²) in [6.45, 7) is 1.59. The third-order valence-electron chi connectivity index (χ3n) is 1.03. The van der Waals surface area contributed by atoms with Crippen molar-refractivity contribution >= 4 is 18.9 Å². The van der Waals surface area contributed by atoms with E-state index in [0.29, 0.717) is 6.29 Å². The van der Waals surface area contributed by atoms with Crippen LogP contribution in [0.3, 0.4) is 0 Å². The molecule has 0 saturated heterocycles. The first-order valence-electron chi connectivity index (χ1n) is 2.59. The van der Waals surface area contributed by atoms with E-state index in [-0.39, 0.29) is 5.82 Å². The van der Waals surface area contributed by atoms with E-state index in [1.165, 1.54) is 0 Å². The van der Waals surface area contributed by atoms with Gasteiger partial charge in [-0.05, 0) is 6.92 Å². The Labute approximate surface area is 62.6 Å². The van der Waals surface area contributed by atoms with Crippen molar-refractivity contribution in [2.24, 2.45) is 0 Å². The topological polar surface area (TPSA) is 71.5 Å². The van der Waals surface area contributed by atoms with Crippen LogP contribution in [0.5, 0.6) is 0 Å². The van der Waals surface area contributed by atoms with Crippen LogP contribution in [0.2, 0.25) is 0 Å². The zero-order valence-electron chi connectivity index (χ0n) is 5.27. The molecule has 1 N–H and O–H groups in total. The first-order chi connectivity index (χ1) is 4.67. The lowest BCUT2D eigenvalue weighted by Gasteiger charge is -2.07. The molecular formula is C4H6N4OS. The van der Waals surface area contributed by atoms with Crippen LogP contribution >= 0.6 is 12.6 Å². The number of nitrogens with zero attached hydrogens (tertiary/aromatic N) is 3. The molecule has 0 radical (unpaired) electrons. The summed E-state index contributed by atoms with van der Waals surface area (Å²) in [5.41, 5.74) is 0. The Morgan fingerprint density at radius 3 is 2.90 bits per heavy atom. The molecule has 0 aliphatic carbocycles. The molecule has 0 fully saturated rings. The number of thiol groups is 1. The number of aldehydes is 1. The third kappa shape index (κ3) is 1.15. The second-order valence-electron chi connectivity index (χ2n) is 2.00. The van der Waals surface area contributed by atoms with Crippen LogP contribution < -0.4 is 0 Å². The predicted molar refractivity (Wildman–Crippen MR) is 36.6 cm³/mol. The monoisotopic (exact) mass is 158 g/mol. The standard InChI is InChI=1S/C4H6N4OS/c1-4(10,2-9)3-5-7-8-6-3/h2,10H,1H3,(H,5,6,7,8). The van der Waals surface area contributed by atoms with Crippen LogP contribution in [0.4, 0.5) is 0 Å². The van der Waals surface area contributed by atoms with Crippen LogP contribution in [0, 0.1) is 0 Å². The molecule has 1 aromatic heterocycles. The highest BCUT2D eigenvalue weighted by Gasteiger charge is 2.25. The number of aromatic amines is 1. The van der Waals surface area contributed by atoms with E-state index in [1.54, 1.807) is 6.92 Å². The van der Waals surface area contributed by atoms with Crippen molar-refractivity contribution in [3.63, 3.8) is 0 Å². The number of nitrogens with one attached hydrogen (secondary N) is 1. The lowest BCUT2D eigenvalue weighted by atomic mass is 10.2. The molecule has 1 aromatic rings. The van der Waals surface area contributed by atoms with Crippen molar-refractivity contribution in [1.29, 1.82) is 0 Å². The molecule has 1 heterocycles. The number of hydrogen-bond donors (Lipinski definition) is 2. The smallest absolute Gasteiger partial charge is 0.197 e. The van der Waals surface area contributed by atoms with Gasteiger partial charge in [0.25, 0.3) is 0 Å². The summed E-state index contributed by atoms with van der Waals surface area (Å²) in [5.74, 6) is 0.283. The Hall–Kier alpha value is -0.910. The van der Waals surface area contributed by atoms with Crippen LogP contribution in [-0.2, 0) is 9.54 Å². The van der Waals surface area contributed by atoms with Crippen LogP contribution in [0.1, 0.15) is 12.7 Å². The second kappa shape index (κ2) is 2.37. The zero-order valence-corrected chi connectivity index (χ0v) is 6.17. The van der Waals surface area contributed by atoms with Crippen molar-refractivity contribution in [1.82, 2.24) is 20.6 Å². The van der Waals surface area contributed by atoms with Crippen molar-refractivity contribution in [2.45, 2.75) is 11.7 Å². The molecule has 0 spiro atoms. The summed E-state index contributed by atoms with van der Waals surface area (Å²) >= 11 is 3.99. The summed E-state index contributed by atoms with van der Waals surface area (Å²) < 4.78 is -0.938. The molecule has 0 aromatic carbocycles. The van der Waals surface area contributed by atoms with Crippen molar-refractivity contribution in [3.8, 4) is 0 Å². The second-order valence-corrected chi connectivity index (χ2v) is 2.93. The Kier molecular flexibility index (Phi) is 1.71. The first-order valence-corrected chi connectivity index (χ1v) is 3.04. The van der Waals surface area contributed by atoms with Gasteiger partial charge in [-0.25, -0.2) is 0 Å². The Balaban J connectivity index is 2.95. The summed E-state index contributed by atoms with van der Waals surface area (Å²) in [4.78, 5) is 10.3. The van der Waals surface area contributed by atoms with Gasteiger partial charge in [0.2, 0.25) is 0 Å². The minimum Gasteiger partial charge on any atom is -0.301 e. The van der Waals surface area contributed by atoms with Crippen molar-refractivity contribution in [3.05, 3.63) is 5.82 Å². The highest BCUT2D eigenvalue weighted by molar-refractivity contribution is 7.82. The fourth-order valence-electron chi connectivity index (χ4n) is 0.429. The number of rotatable bonds is 2. The van der Waals surface area contributed by atoms with Crippen molar-refractivity contribution < 1.29 is 4.79 Å². The normalized spacial score (nSPS) is 16.2. The molecule has 0 bridgehead atoms. The van der Waals surface area contributed by atoms with Gasteiger partial charge < -0.3 is 4.79 Å². The number of aromatic nitrogens is 4. The maximum Gasteiger partial charge on any atom is 0.197 e. The number of carbonyl (C=O) groups excluding carboxylic acids is 1. The van der Waals surface area contributed by atoms with Gasteiger partial charge in [-0.15, -0.1) is 10.2 Å². The van der Waals surface area contributed by atoms with Crippen molar-refractivity contribution in [2.75, 3.05) is 0 Å². The van der Waals surface area contributed by atoms with E-state index in [9.17, 15) is 4.79 Å². The molecule has 5 nitrogen and oxygen atoms in total. The summed E-state index contributed by atoms with van der Waals surface area (Å²) in [7, 11) is 0. The average Bonchev–Trinajstić information content (AvgIpc) is 2.38. The van der Waals surface area contributed by atoms with Gasteiger partial charge in [-0.2, -0.15) is 17.8 Å². The Morgan fingerprint density at radius 2 is 2.50 bits per heavy atom. The summed E-state index contributed by atoms with van der Waals surface area (Å²) in [5, 5.41) is 12.7. The molecule has 1 rings (SSSR count). The molecule has 6 heteroatoms. The van der Waals surface area contributed by atoms with Gasteiger partial charge in [0.1, 0.15) is 11.0 Å². The van der Waals surface area contributed by atoms with E-state index in [1.807, 2.05) is 0 Å². The van der Waals surface area contributed by atoms with Gasteiger partial charge >= 0.3 is 0 Å². The van der Waals surface area contributed by atoms with Gasteiger partial charge in [0.15, 0.2) is 5.82 Å². The number of hydrogen-bond acceptors (Lipinski definition) is 5. The van der Waals surface area contributed by atoms with E-state index in [0.717, 1.165) is 0 Å². The van der Waals surface area contributed by atoms with Gasteiger partial charge in [-0.3, -0.25) is 0 Å². The Bertz CT molecular complexity index is 219. The van der Waals surface area contributed by atoms with Crippen LogP contribution in [0.25, 0.3) is 0 Å². The highest BCUT2D eigenvalue weighted by Crippen LogP contribution is 2.19. The summed E-state index contributed by atoms with van der Waals surface area (Å²) in [6, 6.07) is 0. The lowest BCUT2D eigenvalue weighted by molar-refractivity contribution is -0.109. The largest absolute Gasteiger partial charge is 0.301 e.